The Kier molecular flexibility index (Phi) is 4.43. The quantitative estimate of drug-likeness (QED) is 0.701. The molecule has 0 radical (unpaired) electrons. The topological polar surface area (TPSA) is 34.0 Å². The minimum atomic E-state index is 0.862. The molecule has 0 fully saturated rings. The van der Waals surface area contributed by atoms with Crippen LogP contribution in [0.5, 0.6) is 0 Å². The summed E-state index contributed by atoms with van der Waals surface area (Å²) < 4.78 is 2.20. The van der Waals surface area contributed by atoms with E-state index in [0.29, 0.717) is 0 Å². The second kappa shape index (κ2) is 6.65. The zero-order chi connectivity index (χ0) is 14.5. The molecule has 0 aliphatic carbocycles. The Bertz CT molecular complexity index is 661. The van der Waals surface area contributed by atoms with E-state index >= 15 is 0 Å². The predicted molar refractivity (Wildman–Crippen MR) is 85.1 cm³/mol. The Morgan fingerprint density at radius 3 is 2.81 bits per heavy atom. The van der Waals surface area contributed by atoms with Crippen molar-refractivity contribution in [3.05, 3.63) is 70.7 Å². The van der Waals surface area contributed by atoms with E-state index in [1.54, 1.807) is 11.3 Å². The SMILES string of the molecule is CN(Cc1nccs1)Cc1cncn1Cc1ccccc1. The number of rotatable bonds is 6. The summed E-state index contributed by atoms with van der Waals surface area (Å²) >= 11 is 1.70. The van der Waals surface area contributed by atoms with Gasteiger partial charge in [-0.2, -0.15) is 0 Å². The van der Waals surface area contributed by atoms with E-state index in [1.807, 2.05) is 30.2 Å². The first-order valence-electron chi connectivity index (χ1n) is 6.91. The molecule has 0 aliphatic rings. The fraction of sp³-hybridized carbons (Fsp3) is 0.250. The standard InChI is InChI=1S/C16H18N4S/c1-19(12-16-18-7-8-21-16)11-15-9-17-13-20(15)10-14-5-3-2-4-6-14/h2-9,13H,10-12H2,1H3. The summed E-state index contributed by atoms with van der Waals surface area (Å²) in [6.45, 7) is 2.60. The third-order valence-corrected chi connectivity index (χ3v) is 4.08. The highest BCUT2D eigenvalue weighted by Gasteiger charge is 2.08. The lowest BCUT2D eigenvalue weighted by Crippen LogP contribution is -2.19. The molecule has 0 spiro atoms. The van der Waals surface area contributed by atoms with Crippen molar-refractivity contribution in [2.45, 2.75) is 19.6 Å². The molecule has 0 saturated carbocycles. The Labute approximate surface area is 128 Å². The van der Waals surface area contributed by atoms with Crippen LogP contribution in [0.2, 0.25) is 0 Å². The molecular weight excluding hydrogens is 280 g/mol. The molecule has 0 unspecified atom stereocenters. The van der Waals surface area contributed by atoms with Crippen LogP contribution < -0.4 is 0 Å². The molecule has 3 aromatic rings. The first kappa shape index (κ1) is 14.0. The maximum Gasteiger partial charge on any atom is 0.107 e. The van der Waals surface area contributed by atoms with Gasteiger partial charge in [0.25, 0.3) is 0 Å². The average molecular weight is 298 g/mol. The third-order valence-electron chi connectivity index (χ3n) is 3.31. The first-order chi connectivity index (χ1) is 10.3. The minimum absolute atomic E-state index is 0.862. The van der Waals surface area contributed by atoms with Crippen molar-refractivity contribution in [2.75, 3.05) is 7.05 Å². The van der Waals surface area contributed by atoms with Crippen LogP contribution in [0.15, 0.2) is 54.4 Å². The van der Waals surface area contributed by atoms with Gasteiger partial charge in [0.2, 0.25) is 0 Å². The predicted octanol–water partition coefficient (Wildman–Crippen LogP) is 3.02. The molecule has 4 nitrogen and oxygen atoms in total. The zero-order valence-corrected chi connectivity index (χ0v) is 12.8. The zero-order valence-electron chi connectivity index (χ0n) is 12.0. The molecular formula is C16H18N4S. The van der Waals surface area contributed by atoms with Crippen LogP contribution >= 0.6 is 11.3 Å². The summed E-state index contributed by atoms with van der Waals surface area (Å²) in [7, 11) is 2.11. The lowest BCUT2D eigenvalue weighted by Gasteiger charge is -2.16. The molecule has 108 valence electrons. The molecule has 2 heterocycles. The normalized spacial score (nSPS) is 11.1. The molecule has 0 N–H and O–H groups in total. The van der Waals surface area contributed by atoms with Crippen molar-refractivity contribution in [1.29, 1.82) is 0 Å². The number of hydrogen-bond acceptors (Lipinski definition) is 4. The van der Waals surface area contributed by atoms with E-state index in [2.05, 4.69) is 50.7 Å². The monoisotopic (exact) mass is 298 g/mol. The molecule has 0 aliphatic heterocycles. The van der Waals surface area contributed by atoms with Gasteiger partial charge in [-0.05, 0) is 12.6 Å². The molecule has 0 amide bonds. The van der Waals surface area contributed by atoms with Gasteiger partial charge in [-0.1, -0.05) is 30.3 Å². The van der Waals surface area contributed by atoms with Crippen molar-refractivity contribution in [3.63, 3.8) is 0 Å². The minimum Gasteiger partial charge on any atom is -0.329 e. The van der Waals surface area contributed by atoms with Gasteiger partial charge in [0.1, 0.15) is 5.01 Å². The summed E-state index contributed by atoms with van der Waals surface area (Å²) in [5, 5.41) is 3.16. The van der Waals surface area contributed by atoms with Gasteiger partial charge >= 0.3 is 0 Å². The second-order valence-electron chi connectivity index (χ2n) is 5.10. The average Bonchev–Trinajstić information content (AvgIpc) is 3.13. The molecule has 1 aromatic carbocycles. The number of thiazole rings is 1. The maximum atomic E-state index is 4.33. The molecule has 0 saturated heterocycles. The fourth-order valence-electron chi connectivity index (χ4n) is 2.30. The largest absolute Gasteiger partial charge is 0.329 e. The first-order valence-corrected chi connectivity index (χ1v) is 7.79. The van der Waals surface area contributed by atoms with E-state index in [9.17, 15) is 0 Å². The molecule has 5 heteroatoms. The van der Waals surface area contributed by atoms with Crippen molar-refractivity contribution in [2.24, 2.45) is 0 Å². The summed E-state index contributed by atoms with van der Waals surface area (Å²) in [4.78, 5) is 10.9. The third kappa shape index (κ3) is 3.77. The van der Waals surface area contributed by atoms with E-state index in [1.165, 1.54) is 11.3 Å². The molecule has 21 heavy (non-hydrogen) atoms. The van der Waals surface area contributed by atoms with Crippen molar-refractivity contribution < 1.29 is 0 Å². The summed E-state index contributed by atoms with van der Waals surface area (Å²) in [5.74, 6) is 0. The van der Waals surface area contributed by atoms with Gasteiger partial charge in [0.15, 0.2) is 0 Å². The summed E-state index contributed by atoms with van der Waals surface area (Å²) in [6.07, 6.45) is 5.70. The highest BCUT2D eigenvalue weighted by atomic mass is 32.1. The molecule has 2 aromatic heterocycles. The second-order valence-corrected chi connectivity index (χ2v) is 6.08. The number of hydrogen-bond donors (Lipinski definition) is 0. The summed E-state index contributed by atoms with van der Waals surface area (Å²) in [6, 6.07) is 10.5. The Morgan fingerprint density at radius 2 is 2.05 bits per heavy atom. The number of aromatic nitrogens is 3. The van der Waals surface area contributed by atoms with Gasteiger partial charge in [0.05, 0.1) is 18.6 Å². The van der Waals surface area contributed by atoms with Crippen LogP contribution in [0.4, 0.5) is 0 Å². The van der Waals surface area contributed by atoms with Crippen molar-refractivity contribution in [1.82, 2.24) is 19.4 Å². The van der Waals surface area contributed by atoms with Crippen LogP contribution in [0.1, 0.15) is 16.3 Å². The van der Waals surface area contributed by atoms with E-state index in [-0.39, 0.29) is 0 Å². The Hall–Kier alpha value is -1.98. The van der Waals surface area contributed by atoms with Crippen LogP contribution in [-0.2, 0) is 19.6 Å². The lowest BCUT2D eigenvalue weighted by atomic mass is 10.2. The van der Waals surface area contributed by atoms with Crippen LogP contribution in [0.25, 0.3) is 0 Å². The van der Waals surface area contributed by atoms with E-state index < -0.39 is 0 Å². The summed E-state index contributed by atoms with van der Waals surface area (Å²) in [5.41, 5.74) is 2.51. The van der Waals surface area contributed by atoms with Crippen LogP contribution in [0, 0.1) is 0 Å². The fourth-order valence-corrected chi connectivity index (χ4v) is 2.99. The Morgan fingerprint density at radius 1 is 1.19 bits per heavy atom. The van der Waals surface area contributed by atoms with E-state index in [4.69, 9.17) is 0 Å². The molecule has 0 bridgehead atoms. The van der Waals surface area contributed by atoms with Gasteiger partial charge in [-0.15, -0.1) is 11.3 Å². The van der Waals surface area contributed by atoms with E-state index in [0.717, 1.165) is 24.6 Å². The maximum absolute atomic E-state index is 4.33. The van der Waals surface area contributed by atoms with Gasteiger partial charge in [-0.25, -0.2) is 9.97 Å². The lowest BCUT2D eigenvalue weighted by molar-refractivity contribution is 0.310. The molecule has 0 atom stereocenters. The van der Waals surface area contributed by atoms with Crippen molar-refractivity contribution >= 4 is 11.3 Å². The number of nitrogens with zero attached hydrogens (tertiary/aromatic N) is 4. The number of benzene rings is 1. The number of imidazole rings is 1. The highest BCUT2D eigenvalue weighted by Crippen LogP contribution is 2.11. The van der Waals surface area contributed by atoms with Gasteiger partial charge < -0.3 is 4.57 Å². The van der Waals surface area contributed by atoms with Gasteiger partial charge in [0, 0.05) is 30.9 Å². The van der Waals surface area contributed by atoms with Crippen LogP contribution in [0.3, 0.4) is 0 Å². The van der Waals surface area contributed by atoms with Gasteiger partial charge in [-0.3, -0.25) is 4.90 Å². The Balaban J connectivity index is 1.65. The smallest absolute Gasteiger partial charge is 0.107 e. The highest BCUT2D eigenvalue weighted by molar-refractivity contribution is 7.09. The van der Waals surface area contributed by atoms with Crippen molar-refractivity contribution in [3.8, 4) is 0 Å². The van der Waals surface area contributed by atoms with Crippen LogP contribution in [-0.4, -0.2) is 26.5 Å². The molecule has 3 rings (SSSR count).